The topological polar surface area (TPSA) is 44.2 Å². The van der Waals surface area contributed by atoms with E-state index in [1.54, 1.807) is 12.4 Å². The third-order valence-electron chi connectivity index (χ3n) is 5.06. The van der Waals surface area contributed by atoms with Gasteiger partial charge in [0.2, 0.25) is 5.82 Å². The van der Waals surface area contributed by atoms with Gasteiger partial charge in [-0.3, -0.25) is 0 Å². The van der Waals surface area contributed by atoms with Crippen LogP contribution >= 0.6 is 0 Å². The number of ether oxygens (including phenoxy) is 2. The fourth-order valence-electron chi connectivity index (χ4n) is 3.08. The fraction of sp³-hybridized carbons (Fsp3) is 0.333. The molecule has 0 spiro atoms. The molecule has 0 aliphatic carbocycles. The minimum Gasteiger partial charge on any atom is -0.494 e. The molecule has 4 nitrogen and oxygen atoms in total. The van der Waals surface area contributed by atoms with Gasteiger partial charge in [-0.05, 0) is 67.3 Å². The van der Waals surface area contributed by atoms with Gasteiger partial charge in [0.15, 0.2) is 0 Å². The van der Waals surface area contributed by atoms with Crippen molar-refractivity contribution in [3.05, 3.63) is 83.4 Å². The zero-order valence-electron chi connectivity index (χ0n) is 20.1. The van der Waals surface area contributed by atoms with Gasteiger partial charge < -0.3 is 9.47 Å². The average molecular weight is 453 g/mol. The molecule has 0 fully saturated rings. The Hall–Kier alpha value is -3.76. The van der Waals surface area contributed by atoms with E-state index in [1.165, 1.54) is 25.7 Å². The molecule has 0 saturated carbocycles. The minimum absolute atomic E-state index is 0.468. The number of hydrogen-bond donors (Lipinski definition) is 0. The first-order valence-electron chi connectivity index (χ1n) is 12.1. The molecular formula is C30H32N2O2. The van der Waals surface area contributed by atoms with Gasteiger partial charge in [0.1, 0.15) is 11.5 Å². The lowest BCUT2D eigenvalue weighted by atomic mass is 10.2. The molecule has 174 valence electrons. The first-order valence-corrected chi connectivity index (χ1v) is 12.1. The summed E-state index contributed by atoms with van der Waals surface area (Å²) < 4.78 is 11.5. The predicted octanol–water partition coefficient (Wildman–Crippen LogP) is 6.41. The number of benzene rings is 2. The van der Waals surface area contributed by atoms with Crippen molar-refractivity contribution in [1.82, 2.24) is 9.97 Å². The maximum atomic E-state index is 5.74. The van der Waals surface area contributed by atoms with Crippen molar-refractivity contribution in [1.29, 1.82) is 0 Å². The lowest BCUT2D eigenvalue weighted by Crippen LogP contribution is -1.96. The van der Waals surface area contributed by atoms with Crippen LogP contribution in [0.3, 0.4) is 0 Å². The van der Waals surface area contributed by atoms with Crippen LogP contribution < -0.4 is 9.47 Å². The van der Waals surface area contributed by atoms with Gasteiger partial charge in [0.05, 0.1) is 18.8 Å². The van der Waals surface area contributed by atoms with Crippen molar-refractivity contribution in [2.75, 3.05) is 13.2 Å². The largest absolute Gasteiger partial charge is 0.494 e. The summed E-state index contributed by atoms with van der Waals surface area (Å²) in [5.74, 6) is 14.5. The van der Waals surface area contributed by atoms with Gasteiger partial charge in [0, 0.05) is 23.5 Å². The molecule has 3 rings (SSSR count). The summed E-state index contributed by atoms with van der Waals surface area (Å²) in [4.78, 5) is 8.63. The summed E-state index contributed by atoms with van der Waals surface area (Å²) in [6, 6.07) is 15.6. The van der Waals surface area contributed by atoms with E-state index in [0.717, 1.165) is 54.2 Å². The maximum absolute atomic E-state index is 5.74. The Morgan fingerprint density at radius 1 is 0.559 bits per heavy atom. The van der Waals surface area contributed by atoms with Crippen molar-refractivity contribution in [2.24, 2.45) is 0 Å². The summed E-state index contributed by atoms with van der Waals surface area (Å²) in [6.45, 7) is 5.88. The Morgan fingerprint density at radius 2 is 1.00 bits per heavy atom. The molecule has 0 atom stereocenters. The van der Waals surface area contributed by atoms with Crippen LogP contribution in [-0.4, -0.2) is 23.2 Å². The van der Waals surface area contributed by atoms with E-state index in [0.29, 0.717) is 5.82 Å². The number of hydrogen-bond acceptors (Lipinski definition) is 4. The summed E-state index contributed by atoms with van der Waals surface area (Å²) in [5.41, 5.74) is 2.56. The molecule has 2 aromatic carbocycles. The normalized spacial score (nSPS) is 9.94. The third kappa shape index (κ3) is 9.00. The van der Waals surface area contributed by atoms with E-state index < -0.39 is 0 Å². The van der Waals surface area contributed by atoms with Crippen LogP contribution in [0.25, 0.3) is 0 Å². The van der Waals surface area contributed by atoms with Gasteiger partial charge in [-0.15, -0.1) is 0 Å². The van der Waals surface area contributed by atoms with E-state index in [2.05, 4.69) is 47.5 Å². The van der Waals surface area contributed by atoms with E-state index >= 15 is 0 Å². The standard InChI is InChI=1S/C30H32N2O2/c1-3-5-7-21-33-28-16-11-25(12-17-28)9-10-27-23-31-30(32-24-27)20-15-26-13-18-29(19-14-26)34-22-8-6-4-2/h11-14,16-19,23-24H,3-8,21-22H2,1-2H3. The van der Waals surface area contributed by atoms with Gasteiger partial charge in [-0.1, -0.05) is 57.3 Å². The second-order valence-electron chi connectivity index (χ2n) is 7.96. The molecule has 34 heavy (non-hydrogen) atoms. The molecule has 0 aliphatic heterocycles. The second kappa shape index (κ2) is 14.4. The van der Waals surface area contributed by atoms with Crippen molar-refractivity contribution >= 4 is 0 Å². The Morgan fingerprint density at radius 3 is 1.47 bits per heavy atom. The van der Waals surface area contributed by atoms with Crippen LogP contribution in [0.4, 0.5) is 0 Å². The number of unbranched alkanes of at least 4 members (excludes halogenated alkanes) is 4. The highest BCUT2D eigenvalue weighted by molar-refractivity contribution is 5.44. The molecule has 0 saturated heterocycles. The van der Waals surface area contributed by atoms with Gasteiger partial charge in [-0.2, -0.15) is 0 Å². The van der Waals surface area contributed by atoms with Crippen LogP contribution in [0.15, 0.2) is 60.9 Å². The smallest absolute Gasteiger partial charge is 0.205 e. The molecular weight excluding hydrogens is 420 g/mol. The average Bonchev–Trinajstić information content (AvgIpc) is 2.89. The fourth-order valence-corrected chi connectivity index (χ4v) is 3.08. The van der Waals surface area contributed by atoms with Crippen LogP contribution in [-0.2, 0) is 0 Å². The lowest BCUT2D eigenvalue weighted by Gasteiger charge is -2.05. The molecule has 1 heterocycles. The molecule has 1 aromatic heterocycles. The zero-order valence-corrected chi connectivity index (χ0v) is 20.1. The van der Waals surface area contributed by atoms with Crippen molar-refractivity contribution < 1.29 is 9.47 Å². The highest BCUT2D eigenvalue weighted by atomic mass is 16.5. The molecule has 0 aliphatic rings. The van der Waals surface area contributed by atoms with E-state index in [-0.39, 0.29) is 0 Å². The zero-order chi connectivity index (χ0) is 23.8. The summed E-state index contributed by atoms with van der Waals surface area (Å²) in [5, 5.41) is 0. The summed E-state index contributed by atoms with van der Waals surface area (Å²) >= 11 is 0. The Balaban J connectivity index is 1.50. The van der Waals surface area contributed by atoms with E-state index in [1.807, 2.05) is 48.5 Å². The maximum Gasteiger partial charge on any atom is 0.205 e. The molecule has 0 bridgehead atoms. The lowest BCUT2D eigenvalue weighted by molar-refractivity contribution is 0.306. The first-order chi connectivity index (χ1) is 16.8. The molecule has 0 unspecified atom stereocenters. The minimum atomic E-state index is 0.468. The molecule has 3 aromatic rings. The monoisotopic (exact) mass is 452 g/mol. The van der Waals surface area contributed by atoms with Crippen molar-refractivity contribution in [3.63, 3.8) is 0 Å². The Bertz CT molecular complexity index is 1020. The highest BCUT2D eigenvalue weighted by Crippen LogP contribution is 2.13. The summed E-state index contributed by atoms with van der Waals surface area (Å²) in [6.07, 6.45) is 10.3. The van der Waals surface area contributed by atoms with Gasteiger partial charge in [0.25, 0.3) is 0 Å². The van der Waals surface area contributed by atoms with Gasteiger partial charge in [-0.25, -0.2) is 9.97 Å². The summed E-state index contributed by atoms with van der Waals surface area (Å²) in [7, 11) is 0. The second-order valence-corrected chi connectivity index (χ2v) is 7.96. The van der Waals surface area contributed by atoms with Crippen molar-refractivity contribution in [3.8, 4) is 35.2 Å². The highest BCUT2D eigenvalue weighted by Gasteiger charge is 1.97. The number of aromatic nitrogens is 2. The van der Waals surface area contributed by atoms with Crippen LogP contribution in [0, 0.1) is 23.7 Å². The van der Waals surface area contributed by atoms with Crippen LogP contribution in [0.2, 0.25) is 0 Å². The SMILES string of the molecule is CCCCCOc1ccc(C#Cc2cnc(C#Cc3ccc(OCCCCC)cc3)nc2)cc1. The van der Waals surface area contributed by atoms with Crippen LogP contribution in [0.1, 0.15) is 74.9 Å². The Labute approximate surface area is 203 Å². The third-order valence-corrected chi connectivity index (χ3v) is 5.06. The molecule has 4 heteroatoms. The molecule has 0 radical (unpaired) electrons. The van der Waals surface area contributed by atoms with E-state index in [4.69, 9.17) is 9.47 Å². The number of rotatable bonds is 10. The molecule has 0 amide bonds. The van der Waals surface area contributed by atoms with Crippen LogP contribution in [0.5, 0.6) is 11.5 Å². The Kier molecular flexibility index (Phi) is 10.5. The van der Waals surface area contributed by atoms with Crippen molar-refractivity contribution in [2.45, 2.75) is 52.4 Å². The number of nitrogens with zero attached hydrogens (tertiary/aromatic N) is 2. The molecule has 0 N–H and O–H groups in total. The van der Waals surface area contributed by atoms with E-state index in [9.17, 15) is 0 Å². The van der Waals surface area contributed by atoms with Gasteiger partial charge >= 0.3 is 0 Å². The first kappa shape index (κ1) is 24.9. The quantitative estimate of drug-likeness (QED) is 0.263. The predicted molar refractivity (Wildman–Crippen MR) is 137 cm³/mol.